The number of nitro groups is 1. The maximum absolute atomic E-state index is 13.5. The summed E-state index contributed by atoms with van der Waals surface area (Å²) < 4.78 is 26.1. The fraction of sp³-hybridized carbons (Fsp3) is 0.481. The quantitative estimate of drug-likeness (QED) is 0.0952. The number of ether oxygens (including phenoxy) is 5. The third kappa shape index (κ3) is 7.65. The predicted octanol–water partition coefficient (Wildman–Crippen LogP) is 4.12. The molecule has 13 nitrogen and oxygen atoms in total. The summed E-state index contributed by atoms with van der Waals surface area (Å²) in [5.41, 5.74) is -0.240. The van der Waals surface area contributed by atoms with Crippen LogP contribution in [-0.2, 0) is 38.1 Å². The van der Waals surface area contributed by atoms with Gasteiger partial charge in [0.1, 0.15) is 6.61 Å². The number of rotatable bonds is 11. The number of methoxy groups -OCH3 is 1. The van der Waals surface area contributed by atoms with Gasteiger partial charge in [0.05, 0.1) is 34.7 Å². The third-order valence-corrected chi connectivity index (χ3v) is 5.78. The highest BCUT2D eigenvalue weighted by Gasteiger charge is 2.43. The highest BCUT2D eigenvalue weighted by atomic mass is 16.7. The van der Waals surface area contributed by atoms with Gasteiger partial charge in [-0.2, -0.15) is 0 Å². The molecule has 0 bridgehead atoms. The number of benzene rings is 1. The maximum Gasteiger partial charge on any atom is 0.421 e. The lowest BCUT2D eigenvalue weighted by Crippen LogP contribution is -2.40. The van der Waals surface area contributed by atoms with E-state index < -0.39 is 47.2 Å². The van der Waals surface area contributed by atoms with Crippen molar-refractivity contribution >= 4 is 29.7 Å². The molecule has 0 N–H and O–H groups in total. The van der Waals surface area contributed by atoms with E-state index in [1.807, 2.05) is 0 Å². The van der Waals surface area contributed by atoms with E-state index in [-0.39, 0.29) is 53.4 Å². The molecule has 0 spiro atoms. The summed E-state index contributed by atoms with van der Waals surface area (Å²) in [7, 11) is 1.42. The molecule has 1 heterocycles. The van der Waals surface area contributed by atoms with E-state index >= 15 is 0 Å². The van der Waals surface area contributed by atoms with Gasteiger partial charge in [-0.1, -0.05) is 19.1 Å². The van der Waals surface area contributed by atoms with E-state index in [9.17, 15) is 29.3 Å². The number of esters is 3. The van der Waals surface area contributed by atoms with E-state index in [4.69, 9.17) is 23.7 Å². The Morgan fingerprint density at radius 3 is 2.15 bits per heavy atom. The van der Waals surface area contributed by atoms with Gasteiger partial charge in [-0.15, -0.1) is 0 Å². The van der Waals surface area contributed by atoms with Gasteiger partial charge in [0.2, 0.25) is 6.29 Å². The SMILES string of the molecule is CCC(=O)OC(C)OC(=O)N1C(C)=C(C(=O)OCCOC)C(c2cccc([N+](=O)[O-])c2)C(C(=O)OC(C)C)=C1C. The first-order chi connectivity index (χ1) is 18.8. The fourth-order valence-corrected chi connectivity index (χ4v) is 4.07. The molecule has 1 aliphatic heterocycles. The van der Waals surface area contributed by atoms with Crippen molar-refractivity contribution in [3.05, 3.63) is 62.5 Å². The van der Waals surface area contributed by atoms with Crippen molar-refractivity contribution in [1.82, 2.24) is 4.90 Å². The molecule has 2 rings (SSSR count). The van der Waals surface area contributed by atoms with Crippen molar-refractivity contribution in [2.75, 3.05) is 20.3 Å². The largest absolute Gasteiger partial charge is 0.460 e. The molecule has 218 valence electrons. The fourth-order valence-electron chi connectivity index (χ4n) is 4.07. The molecule has 0 saturated carbocycles. The molecule has 1 amide bonds. The molecule has 1 aliphatic rings. The minimum Gasteiger partial charge on any atom is -0.460 e. The molecule has 0 aliphatic carbocycles. The number of hydrogen-bond donors (Lipinski definition) is 0. The second kappa shape index (κ2) is 14.2. The van der Waals surface area contributed by atoms with E-state index in [2.05, 4.69) is 0 Å². The van der Waals surface area contributed by atoms with Crippen LogP contribution in [0.3, 0.4) is 0 Å². The number of nitro benzene ring substituents is 1. The highest BCUT2D eigenvalue weighted by molar-refractivity contribution is 6.01. The van der Waals surface area contributed by atoms with Crippen molar-refractivity contribution < 1.29 is 47.8 Å². The van der Waals surface area contributed by atoms with Crippen LogP contribution in [0.1, 0.15) is 59.4 Å². The topological polar surface area (TPSA) is 161 Å². The highest BCUT2D eigenvalue weighted by Crippen LogP contribution is 2.44. The Bertz CT molecular complexity index is 1220. The van der Waals surface area contributed by atoms with Crippen LogP contribution in [0.15, 0.2) is 46.8 Å². The number of allylic oxidation sites excluding steroid dienone is 2. The Balaban J connectivity index is 2.77. The van der Waals surface area contributed by atoms with Crippen LogP contribution in [0.2, 0.25) is 0 Å². The normalized spacial score (nSPS) is 16.0. The summed E-state index contributed by atoms with van der Waals surface area (Å²) >= 11 is 0. The number of nitrogens with zero attached hydrogens (tertiary/aromatic N) is 2. The van der Waals surface area contributed by atoms with E-state index in [0.717, 1.165) is 4.90 Å². The van der Waals surface area contributed by atoms with Gasteiger partial charge in [-0.25, -0.2) is 14.4 Å². The predicted molar refractivity (Wildman–Crippen MR) is 139 cm³/mol. The van der Waals surface area contributed by atoms with Crippen LogP contribution in [-0.4, -0.2) is 66.5 Å². The summed E-state index contributed by atoms with van der Waals surface area (Å²) in [4.78, 5) is 63.9. The average molecular weight is 563 g/mol. The molecule has 0 fully saturated rings. The van der Waals surface area contributed by atoms with E-state index in [0.29, 0.717) is 0 Å². The Labute approximate surface area is 231 Å². The van der Waals surface area contributed by atoms with Crippen LogP contribution in [0, 0.1) is 10.1 Å². The molecule has 2 unspecified atom stereocenters. The molecule has 13 heteroatoms. The number of amides is 1. The number of non-ortho nitro benzene ring substituents is 1. The zero-order chi connectivity index (χ0) is 30.1. The van der Waals surface area contributed by atoms with Crippen LogP contribution in [0.4, 0.5) is 10.5 Å². The molecule has 1 aromatic carbocycles. The minimum absolute atomic E-state index is 0.0385. The van der Waals surface area contributed by atoms with Gasteiger partial charge in [0.15, 0.2) is 0 Å². The lowest BCUT2D eigenvalue weighted by Gasteiger charge is -2.36. The third-order valence-electron chi connectivity index (χ3n) is 5.78. The molecule has 0 radical (unpaired) electrons. The lowest BCUT2D eigenvalue weighted by molar-refractivity contribution is -0.384. The summed E-state index contributed by atoms with van der Waals surface area (Å²) in [5.74, 6) is -3.55. The summed E-state index contributed by atoms with van der Waals surface area (Å²) in [5, 5.41) is 11.5. The molecule has 0 aromatic heterocycles. The van der Waals surface area contributed by atoms with Gasteiger partial charge < -0.3 is 23.7 Å². The van der Waals surface area contributed by atoms with Crippen LogP contribution >= 0.6 is 0 Å². The number of carbonyl (C=O) groups is 4. The standard InChI is InChI=1S/C27H34N2O11/c1-8-21(30)39-18(6)40-27(33)28-16(4)22(25(31)37-13-12-36-7)24(19-10-9-11-20(14-19)29(34)35)23(17(28)5)26(32)38-15(2)3/h9-11,14-15,18,24H,8,12-13H2,1-7H3. The van der Waals surface area contributed by atoms with Crippen LogP contribution < -0.4 is 0 Å². The Morgan fingerprint density at radius 1 is 0.975 bits per heavy atom. The first-order valence-electron chi connectivity index (χ1n) is 12.6. The van der Waals surface area contributed by atoms with Crippen molar-refractivity contribution in [3.8, 4) is 0 Å². The van der Waals surface area contributed by atoms with Crippen molar-refractivity contribution in [3.63, 3.8) is 0 Å². The van der Waals surface area contributed by atoms with Crippen LogP contribution in [0.5, 0.6) is 0 Å². The van der Waals surface area contributed by atoms with E-state index in [1.54, 1.807) is 20.8 Å². The summed E-state index contributed by atoms with van der Waals surface area (Å²) in [6.07, 6.45) is -2.84. The first-order valence-corrected chi connectivity index (χ1v) is 12.6. The smallest absolute Gasteiger partial charge is 0.421 e. The second-order valence-electron chi connectivity index (χ2n) is 9.00. The lowest BCUT2D eigenvalue weighted by atomic mass is 9.79. The average Bonchev–Trinajstić information content (AvgIpc) is 2.87. The zero-order valence-electron chi connectivity index (χ0n) is 23.5. The Hall–Kier alpha value is -4.26. The monoisotopic (exact) mass is 562 g/mol. The molecule has 2 atom stereocenters. The molecule has 0 saturated heterocycles. The number of hydrogen-bond acceptors (Lipinski definition) is 11. The van der Waals surface area contributed by atoms with Crippen molar-refractivity contribution in [2.45, 2.75) is 66.3 Å². The first kappa shape index (κ1) is 32.0. The summed E-state index contributed by atoms with van der Waals surface area (Å²) in [6.45, 7) is 8.97. The van der Waals surface area contributed by atoms with Gasteiger partial charge in [-0.05, 0) is 33.3 Å². The molecular formula is C27H34N2O11. The summed E-state index contributed by atoms with van der Waals surface area (Å²) in [6, 6.07) is 5.44. The zero-order valence-corrected chi connectivity index (χ0v) is 23.5. The van der Waals surface area contributed by atoms with Gasteiger partial charge in [0, 0.05) is 44.0 Å². The van der Waals surface area contributed by atoms with Gasteiger partial charge >= 0.3 is 24.0 Å². The molecular weight excluding hydrogens is 528 g/mol. The second-order valence-corrected chi connectivity index (χ2v) is 9.00. The van der Waals surface area contributed by atoms with Crippen molar-refractivity contribution in [1.29, 1.82) is 0 Å². The molecule has 1 aromatic rings. The molecule has 40 heavy (non-hydrogen) atoms. The van der Waals surface area contributed by atoms with Crippen LogP contribution in [0.25, 0.3) is 0 Å². The number of carbonyl (C=O) groups excluding carboxylic acids is 4. The Morgan fingerprint density at radius 2 is 1.60 bits per heavy atom. The van der Waals surface area contributed by atoms with Gasteiger partial charge in [-0.3, -0.25) is 19.8 Å². The Kier molecular flexibility index (Phi) is 11.4. The van der Waals surface area contributed by atoms with Gasteiger partial charge in [0.25, 0.3) is 5.69 Å². The van der Waals surface area contributed by atoms with E-state index in [1.165, 1.54) is 52.1 Å². The maximum atomic E-state index is 13.5. The minimum atomic E-state index is -1.28. The van der Waals surface area contributed by atoms with Crippen molar-refractivity contribution in [2.24, 2.45) is 0 Å².